The number of hydrogen-bond donors (Lipinski definition) is 1. The van der Waals surface area contributed by atoms with Gasteiger partial charge in [-0.05, 0) is 0 Å². The Labute approximate surface area is 64.7 Å². The third-order valence-corrected chi connectivity index (χ3v) is 1.70. The van der Waals surface area contributed by atoms with Gasteiger partial charge in [0.1, 0.15) is 5.69 Å². The predicted molar refractivity (Wildman–Crippen MR) is 38.2 cm³/mol. The summed E-state index contributed by atoms with van der Waals surface area (Å²) in [6, 6.07) is 0. The summed E-state index contributed by atoms with van der Waals surface area (Å²) in [5.74, 6) is -0.191. The minimum Gasteiger partial charge on any atom is -0.296 e. The molecule has 0 fully saturated rings. The van der Waals surface area contributed by atoms with E-state index in [0.717, 1.165) is 0 Å². The monoisotopic (exact) mass is 169 g/mol. The summed E-state index contributed by atoms with van der Waals surface area (Å²) >= 11 is 1.43. The van der Waals surface area contributed by atoms with Gasteiger partial charge in [0.25, 0.3) is 0 Å². The van der Waals surface area contributed by atoms with E-state index in [9.17, 15) is 4.79 Å². The first-order valence-corrected chi connectivity index (χ1v) is 3.75. The Kier molecular flexibility index (Phi) is 1.32. The summed E-state index contributed by atoms with van der Waals surface area (Å²) in [6.45, 7) is 0. The average Bonchev–Trinajstić information content (AvgIpc) is 2.55. The fraction of sp³-hybridized carbons (Fsp3) is 0. The molecule has 1 N–H and O–H groups in total. The summed E-state index contributed by atoms with van der Waals surface area (Å²) < 4.78 is 4.29. The maximum atomic E-state index is 10.5. The highest BCUT2D eigenvalue weighted by Gasteiger charge is 2.04. The fourth-order valence-corrected chi connectivity index (χ4v) is 1.21. The van der Waals surface area contributed by atoms with Crippen LogP contribution in [-0.4, -0.2) is 15.1 Å². The molecule has 0 radical (unpaired) electrons. The van der Waals surface area contributed by atoms with Crippen molar-refractivity contribution in [2.24, 2.45) is 0 Å². The van der Waals surface area contributed by atoms with E-state index in [-0.39, 0.29) is 0 Å². The lowest BCUT2D eigenvalue weighted by Crippen LogP contribution is -1.94. The molecule has 0 unspecified atom stereocenters. The van der Waals surface area contributed by atoms with E-state index in [0.29, 0.717) is 11.5 Å². The smallest absolute Gasteiger partial charge is 0.296 e. The fourth-order valence-electron chi connectivity index (χ4n) is 0.670. The molecule has 0 aliphatic heterocycles. The van der Waals surface area contributed by atoms with E-state index < -0.39 is 5.76 Å². The van der Waals surface area contributed by atoms with E-state index in [1.807, 2.05) is 0 Å². The highest BCUT2D eigenvalue weighted by Crippen LogP contribution is 2.11. The van der Waals surface area contributed by atoms with Crippen molar-refractivity contribution in [2.75, 3.05) is 0 Å². The number of nitrogens with one attached hydrogen (secondary N) is 1. The molecular weight excluding hydrogens is 166 g/mol. The van der Waals surface area contributed by atoms with Crippen molar-refractivity contribution in [3.8, 4) is 11.5 Å². The van der Waals surface area contributed by atoms with Crippen molar-refractivity contribution in [3.63, 3.8) is 0 Å². The first kappa shape index (κ1) is 6.29. The van der Waals surface area contributed by atoms with Crippen LogP contribution in [0.25, 0.3) is 11.5 Å². The molecule has 2 heterocycles. The molecule has 0 aliphatic carbocycles. The quantitative estimate of drug-likeness (QED) is 0.674. The van der Waals surface area contributed by atoms with Crippen LogP contribution in [0, 0.1) is 0 Å². The van der Waals surface area contributed by atoms with Gasteiger partial charge in [0.15, 0.2) is 0 Å². The lowest BCUT2D eigenvalue weighted by Gasteiger charge is -1.80. The van der Waals surface area contributed by atoms with Crippen molar-refractivity contribution in [2.45, 2.75) is 0 Å². The first-order chi connectivity index (χ1) is 5.36. The van der Waals surface area contributed by atoms with Gasteiger partial charge in [0.05, 0.1) is 5.51 Å². The minimum atomic E-state index is -0.562. The van der Waals surface area contributed by atoms with Crippen LogP contribution < -0.4 is 5.76 Å². The van der Waals surface area contributed by atoms with Gasteiger partial charge in [0.2, 0.25) is 5.82 Å². The van der Waals surface area contributed by atoms with Gasteiger partial charge in [-0.3, -0.25) is 9.51 Å². The number of aromatic nitrogens is 3. The van der Waals surface area contributed by atoms with Crippen LogP contribution in [0.3, 0.4) is 0 Å². The Morgan fingerprint density at radius 2 is 2.55 bits per heavy atom. The van der Waals surface area contributed by atoms with Gasteiger partial charge in [-0.25, -0.2) is 9.78 Å². The molecule has 0 aromatic carbocycles. The molecule has 0 spiro atoms. The van der Waals surface area contributed by atoms with Crippen molar-refractivity contribution in [1.29, 1.82) is 0 Å². The van der Waals surface area contributed by atoms with Gasteiger partial charge in [-0.15, -0.1) is 11.3 Å². The molecule has 2 aromatic rings. The maximum absolute atomic E-state index is 10.5. The largest absolute Gasteiger partial charge is 0.439 e. The zero-order chi connectivity index (χ0) is 7.68. The van der Waals surface area contributed by atoms with Crippen molar-refractivity contribution < 1.29 is 4.52 Å². The Bertz CT molecular complexity index is 388. The molecule has 0 bridgehead atoms. The zero-order valence-electron chi connectivity index (χ0n) is 5.27. The van der Waals surface area contributed by atoms with Crippen molar-refractivity contribution in [3.05, 3.63) is 21.4 Å². The molecular formula is C5H3N3O2S. The van der Waals surface area contributed by atoms with Crippen LogP contribution in [0.1, 0.15) is 0 Å². The molecule has 0 aliphatic rings. The zero-order valence-corrected chi connectivity index (χ0v) is 6.09. The third-order valence-electron chi connectivity index (χ3n) is 1.12. The number of aromatic amines is 1. The van der Waals surface area contributed by atoms with E-state index in [2.05, 4.69) is 19.6 Å². The number of thiazole rings is 1. The topological polar surface area (TPSA) is 71.8 Å². The van der Waals surface area contributed by atoms with E-state index >= 15 is 0 Å². The van der Waals surface area contributed by atoms with Gasteiger partial charge in [-0.2, -0.15) is 0 Å². The summed E-state index contributed by atoms with van der Waals surface area (Å²) in [5.41, 5.74) is 2.28. The maximum Gasteiger partial charge on any atom is 0.439 e. The molecule has 6 heteroatoms. The van der Waals surface area contributed by atoms with Gasteiger partial charge in [0, 0.05) is 5.38 Å². The highest BCUT2D eigenvalue weighted by molar-refractivity contribution is 7.07. The summed E-state index contributed by atoms with van der Waals surface area (Å²) in [4.78, 5) is 16.8. The van der Waals surface area contributed by atoms with Crippen molar-refractivity contribution in [1.82, 2.24) is 15.1 Å². The Balaban J connectivity index is 2.53. The standard InChI is InChI=1S/C5H3N3O2S/c9-5-7-4(8-10-5)3-1-11-2-6-3/h1-2H,(H,7,8,9). The molecule has 0 saturated heterocycles. The second-order valence-electron chi connectivity index (χ2n) is 1.82. The molecule has 0 saturated carbocycles. The van der Waals surface area contributed by atoms with Gasteiger partial charge < -0.3 is 0 Å². The lowest BCUT2D eigenvalue weighted by molar-refractivity contribution is 0.388. The number of hydrogen-bond acceptors (Lipinski definition) is 5. The lowest BCUT2D eigenvalue weighted by atomic mass is 10.5. The molecule has 0 atom stereocenters. The highest BCUT2D eigenvalue weighted by atomic mass is 32.1. The first-order valence-electron chi connectivity index (χ1n) is 2.81. The second-order valence-corrected chi connectivity index (χ2v) is 2.54. The van der Waals surface area contributed by atoms with Gasteiger partial charge in [-0.1, -0.05) is 5.16 Å². The summed E-state index contributed by atoms with van der Waals surface area (Å²) in [7, 11) is 0. The van der Waals surface area contributed by atoms with Crippen LogP contribution in [0.15, 0.2) is 20.2 Å². The van der Waals surface area contributed by atoms with Crippen LogP contribution in [0.4, 0.5) is 0 Å². The molecule has 0 amide bonds. The van der Waals surface area contributed by atoms with E-state index in [1.165, 1.54) is 11.3 Å². The summed E-state index contributed by atoms with van der Waals surface area (Å²) in [5, 5.41) is 5.23. The van der Waals surface area contributed by atoms with Crippen LogP contribution in [-0.2, 0) is 0 Å². The molecule has 2 rings (SSSR count). The molecule has 2 aromatic heterocycles. The normalized spacial score (nSPS) is 10.2. The number of H-pyrrole nitrogens is 1. The number of rotatable bonds is 1. The predicted octanol–water partition coefficient (Wildman–Crippen LogP) is 0.486. The van der Waals surface area contributed by atoms with Gasteiger partial charge >= 0.3 is 5.76 Å². The van der Waals surface area contributed by atoms with Crippen LogP contribution >= 0.6 is 11.3 Å². The Morgan fingerprint density at radius 3 is 3.09 bits per heavy atom. The third kappa shape index (κ3) is 1.07. The second kappa shape index (κ2) is 2.31. The molecule has 11 heavy (non-hydrogen) atoms. The SMILES string of the molecule is O=c1[nH]c(-c2cscn2)no1. The van der Waals surface area contributed by atoms with E-state index in [1.54, 1.807) is 10.9 Å². The number of nitrogens with zero attached hydrogens (tertiary/aromatic N) is 2. The van der Waals surface area contributed by atoms with Crippen LogP contribution in [0.2, 0.25) is 0 Å². The molecule has 56 valence electrons. The van der Waals surface area contributed by atoms with E-state index in [4.69, 9.17) is 0 Å². The summed E-state index contributed by atoms with van der Waals surface area (Å²) in [6.07, 6.45) is 0. The van der Waals surface area contributed by atoms with Crippen molar-refractivity contribution >= 4 is 11.3 Å². The molecule has 5 nitrogen and oxygen atoms in total. The average molecular weight is 169 g/mol. The Morgan fingerprint density at radius 1 is 1.64 bits per heavy atom. The minimum absolute atomic E-state index is 0.372. The van der Waals surface area contributed by atoms with Crippen LogP contribution in [0.5, 0.6) is 0 Å². The Hall–Kier alpha value is -1.43.